The average Bonchev–Trinajstić information content (AvgIpc) is 3.09. The number of carbonyl (C=O) groups is 1. The molecule has 146 valence electrons. The van der Waals surface area contributed by atoms with Gasteiger partial charge in [0.25, 0.3) is 5.91 Å². The highest BCUT2D eigenvalue weighted by molar-refractivity contribution is 5.77. The molecule has 1 aliphatic heterocycles. The van der Waals surface area contributed by atoms with Crippen molar-refractivity contribution in [1.29, 1.82) is 0 Å². The summed E-state index contributed by atoms with van der Waals surface area (Å²) < 4.78 is 17.0. The molecule has 1 fully saturated rings. The smallest absolute Gasteiger partial charge is 0.258 e. The molecule has 1 amide bonds. The summed E-state index contributed by atoms with van der Waals surface area (Å²) in [6.07, 6.45) is 0. The Bertz CT molecular complexity index is 765. The van der Waals surface area contributed by atoms with E-state index in [2.05, 4.69) is 10.2 Å². The lowest BCUT2D eigenvalue weighted by molar-refractivity contribution is -0.123. The Hall–Kier alpha value is -2.31. The number of benzene rings is 1. The first kappa shape index (κ1) is 19.5. The standard InChI is InChI=1S/C21H28N2O4/c1-15-4-5-16(2)20(12-15)26-14-21(24)22-13-18(19-7-6-17(3)27-19)23-8-10-25-11-9-23/h4-7,12,18H,8-11,13-14H2,1-3H3,(H,22,24). The first-order valence-corrected chi connectivity index (χ1v) is 9.38. The van der Waals surface area contributed by atoms with Crippen LogP contribution in [0.5, 0.6) is 5.75 Å². The predicted molar refractivity (Wildman–Crippen MR) is 103 cm³/mol. The zero-order valence-electron chi connectivity index (χ0n) is 16.3. The Balaban J connectivity index is 1.57. The second-order valence-corrected chi connectivity index (χ2v) is 6.97. The van der Waals surface area contributed by atoms with Gasteiger partial charge in [0.15, 0.2) is 6.61 Å². The van der Waals surface area contributed by atoms with Gasteiger partial charge in [0.2, 0.25) is 0 Å². The second kappa shape index (κ2) is 9.06. The lowest BCUT2D eigenvalue weighted by Gasteiger charge is -2.33. The van der Waals surface area contributed by atoms with Crippen molar-refractivity contribution in [1.82, 2.24) is 10.2 Å². The van der Waals surface area contributed by atoms with Gasteiger partial charge in [0.05, 0.1) is 19.3 Å². The second-order valence-electron chi connectivity index (χ2n) is 6.97. The first-order valence-electron chi connectivity index (χ1n) is 9.38. The fourth-order valence-electron chi connectivity index (χ4n) is 3.20. The van der Waals surface area contributed by atoms with Crippen LogP contribution in [-0.4, -0.2) is 50.3 Å². The molecule has 0 bridgehead atoms. The highest BCUT2D eigenvalue weighted by Gasteiger charge is 2.25. The minimum Gasteiger partial charge on any atom is -0.483 e. The number of carbonyl (C=O) groups excluding carboxylic acids is 1. The van der Waals surface area contributed by atoms with Gasteiger partial charge in [0, 0.05) is 19.6 Å². The van der Waals surface area contributed by atoms with Crippen LogP contribution in [-0.2, 0) is 9.53 Å². The molecule has 1 unspecified atom stereocenters. The molecular formula is C21H28N2O4. The van der Waals surface area contributed by atoms with Gasteiger partial charge in [0.1, 0.15) is 17.3 Å². The van der Waals surface area contributed by atoms with Crippen molar-refractivity contribution in [2.45, 2.75) is 26.8 Å². The molecule has 6 nitrogen and oxygen atoms in total. The van der Waals surface area contributed by atoms with Gasteiger partial charge in [-0.3, -0.25) is 9.69 Å². The summed E-state index contributed by atoms with van der Waals surface area (Å²) in [6.45, 7) is 9.40. The number of hydrogen-bond acceptors (Lipinski definition) is 5. The predicted octanol–water partition coefficient (Wildman–Crippen LogP) is 2.77. The van der Waals surface area contributed by atoms with Crippen molar-refractivity contribution in [2.24, 2.45) is 0 Å². The molecule has 0 spiro atoms. The Morgan fingerprint density at radius 1 is 1.19 bits per heavy atom. The van der Waals surface area contributed by atoms with Crippen LogP contribution in [0.15, 0.2) is 34.7 Å². The van der Waals surface area contributed by atoms with E-state index in [1.807, 2.05) is 51.1 Å². The number of nitrogens with zero attached hydrogens (tertiary/aromatic N) is 1. The summed E-state index contributed by atoms with van der Waals surface area (Å²) in [6, 6.07) is 9.90. The molecule has 2 heterocycles. The number of amides is 1. The van der Waals surface area contributed by atoms with Crippen molar-refractivity contribution in [3.8, 4) is 5.75 Å². The Kier molecular flexibility index (Phi) is 6.53. The van der Waals surface area contributed by atoms with Gasteiger partial charge in [-0.25, -0.2) is 0 Å². The van der Waals surface area contributed by atoms with Gasteiger partial charge >= 0.3 is 0 Å². The Labute approximate surface area is 160 Å². The van der Waals surface area contributed by atoms with E-state index in [-0.39, 0.29) is 18.6 Å². The van der Waals surface area contributed by atoms with E-state index in [9.17, 15) is 4.79 Å². The highest BCUT2D eigenvalue weighted by Crippen LogP contribution is 2.23. The van der Waals surface area contributed by atoms with Crippen molar-refractivity contribution in [2.75, 3.05) is 39.5 Å². The van der Waals surface area contributed by atoms with Crippen LogP contribution in [0.1, 0.15) is 28.7 Å². The fraction of sp³-hybridized carbons (Fsp3) is 0.476. The normalized spacial score (nSPS) is 16.1. The Morgan fingerprint density at radius 2 is 1.96 bits per heavy atom. The lowest BCUT2D eigenvalue weighted by Crippen LogP contribution is -2.44. The van der Waals surface area contributed by atoms with Crippen LogP contribution < -0.4 is 10.1 Å². The van der Waals surface area contributed by atoms with E-state index < -0.39 is 0 Å². The summed E-state index contributed by atoms with van der Waals surface area (Å²) >= 11 is 0. The van der Waals surface area contributed by atoms with Crippen LogP contribution in [0.3, 0.4) is 0 Å². The summed E-state index contributed by atoms with van der Waals surface area (Å²) in [4.78, 5) is 14.6. The summed E-state index contributed by atoms with van der Waals surface area (Å²) in [5.41, 5.74) is 2.13. The van der Waals surface area contributed by atoms with Gasteiger partial charge in [-0.15, -0.1) is 0 Å². The molecule has 0 saturated carbocycles. The molecule has 3 rings (SSSR count). The van der Waals surface area contributed by atoms with Gasteiger partial charge in [-0.05, 0) is 50.1 Å². The number of aryl methyl sites for hydroxylation is 3. The molecule has 1 saturated heterocycles. The van der Waals surface area contributed by atoms with E-state index >= 15 is 0 Å². The highest BCUT2D eigenvalue weighted by atomic mass is 16.5. The van der Waals surface area contributed by atoms with Gasteiger partial charge in [-0.1, -0.05) is 12.1 Å². The van der Waals surface area contributed by atoms with E-state index in [0.717, 1.165) is 41.5 Å². The first-order chi connectivity index (χ1) is 13.0. The summed E-state index contributed by atoms with van der Waals surface area (Å²) in [7, 11) is 0. The summed E-state index contributed by atoms with van der Waals surface area (Å²) in [5, 5.41) is 2.99. The third-order valence-corrected chi connectivity index (χ3v) is 4.77. The number of hydrogen-bond donors (Lipinski definition) is 1. The monoisotopic (exact) mass is 372 g/mol. The average molecular weight is 372 g/mol. The molecule has 0 radical (unpaired) electrons. The number of rotatable bonds is 7. The lowest BCUT2D eigenvalue weighted by atomic mass is 10.1. The maximum Gasteiger partial charge on any atom is 0.258 e. The number of ether oxygens (including phenoxy) is 2. The van der Waals surface area contributed by atoms with E-state index in [1.54, 1.807) is 0 Å². The number of morpholine rings is 1. The number of furan rings is 1. The van der Waals surface area contributed by atoms with Gasteiger partial charge in [-0.2, -0.15) is 0 Å². The molecule has 0 aliphatic carbocycles. The van der Waals surface area contributed by atoms with E-state index in [0.29, 0.717) is 19.8 Å². The van der Waals surface area contributed by atoms with Crippen LogP contribution in [0.2, 0.25) is 0 Å². The van der Waals surface area contributed by atoms with Crippen molar-refractivity contribution >= 4 is 5.91 Å². The van der Waals surface area contributed by atoms with Crippen molar-refractivity contribution < 1.29 is 18.7 Å². The third-order valence-electron chi connectivity index (χ3n) is 4.77. The third kappa shape index (κ3) is 5.34. The molecule has 1 aliphatic rings. The maximum absolute atomic E-state index is 12.3. The zero-order chi connectivity index (χ0) is 19.2. The van der Waals surface area contributed by atoms with Crippen LogP contribution in [0.4, 0.5) is 0 Å². The molecule has 1 aromatic carbocycles. The minimum atomic E-state index is -0.141. The van der Waals surface area contributed by atoms with Crippen LogP contribution in [0.25, 0.3) is 0 Å². The zero-order valence-corrected chi connectivity index (χ0v) is 16.3. The number of nitrogens with one attached hydrogen (secondary N) is 1. The largest absolute Gasteiger partial charge is 0.483 e. The van der Waals surface area contributed by atoms with E-state index in [4.69, 9.17) is 13.9 Å². The van der Waals surface area contributed by atoms with Crippen molar-refractivity contribution in [3.05, 3.63) is 53.0 Å². The van der Waals surface area contributed by atoms with E-state index in [1.165, 1.54) is 0 Å². The molecule has 6 heteroatoms. The molecule has 1 N–H and O–H groups in total. The Morgan fingerprint density at radius 3 is 2.67 bits per heavy atom. The van der Waals surface area contributed by atoms with Crippen LogP contribution in [0, 0.1) is 20.8 Å². The van der Waals surface area contributed by atoms with Gasteiger partial charge < -0.3 is 19.2 Å². The molecule has 27 heavy (non-hydrogen) atoms. The van der Waals surface area contributed by atoms with Crippen molar-refractivity contribution in [3.63, 3.8) is 0 Å². The quantitative estimate of drug-likeness (QED) is 0.810. The molecule has 1 atom stereocenters. The molecular weight excluding hydrogens is 344 g/mol. The summed E-state index contributed by atoms with van der Waals surface area (Å²) in [5.74, 6) is 2.34. The SMILES string of the molecule is Cc1ccc(C)c(OCC(=O)NCC(c2ccc(C)o2)N2CCOCC2)c1. The minimum absolute atomic E-state index is 0.00267. The topological polar surface area (TPSA) is 63.9 Å². The van der Waals surface area contributed by atoms with Crippen LogP contribution >= 0.6 is 0 Å². The molecule has 1 aromatic heterocycles. The molecule has 2 aromatic rings. The fourth-order valence-corrected chi connectivity index (χ4v) is 3.20. The maximum atomic E-state index is 12.3.